The number of H-pyrrole nitrogens is 1. The van der Waals surface area contributed by atoms with Crippen LogP contribution in [0.25, 0.3) is 16.7 Å². The number of aromatic nitrogens is 2. The molecule has 0 radical (unpaired) electrons. The van der Waals surface area contributed by atoms with Gasteiger partial charge in [0.1, 0.15) is 17.7 Å². The van der Waals surface area contributed by atoms with Gasteiger partial charge in [0.2, 0.25) is 0 Å². The lowest BCUT2D eigenvalue weighted by atomic mass is 10.1. The maximum atomic E-state index is 13.6. The first-order chi connectivity index (χ1) is 10.0. The third-order valence-electron chi connectivity index (χ3n) is 3.28. The fraction of sp³-hybridized carbons (Fsp3) is 0.0667. The molecule has 0 atom stereocenters. The van der Waals surface area contributed by atoms with Crippen LogP contribution < -0.4 is 0 Å². The number of imidazole rings is 1. The lowest BCUT2D eigenvalue weighted by Gasteiger charge is -2.07. The third-order valence-corrected chi connectivity index (χ3v) is 3.57. The molecule has 0 saturated heterocycles. The van der Waals surface area contributed by atoms with E-state index < -0.39 is 5.82 Å². The molecule has 0 fully saturated rings. The Balaban J connectivity index is 2.41. The molecular formula is C15H9F2N3S. The van der Waals surface area contributed by atoms with E-state index >= 15 is 0 Å². The summed E-state index contributed by atoms with van der Waals surface area (Å²) in [7, 11) is 0. The van der Waals surface area contributed by atoms with Crippen molar-refractivity contribution in [3.63, 3.8) is 0 Å². The largest absolute Gasteiger partial charge is 0.330 e. The van der Waals surface area contributed by atoms with Gasteiger partial charge in [0.05, 0.1) is 22.3 Å². The van der Waals surface area contributed by atoms with Crippen LogP contribution in [0.3, 0.4) is 0 Å². The molecule has 104 valence electrons. The molecule has 0 aliphatic carbocycles. The van der Waals surface area contributed by atoms with E-state index in [4.69, 9.17) is 17.5 Å². The predicted molar refractivity (Wildman–Crippen MR) is 77.8 cm³/mol. The van der Waals surface area contributed by atoms with E-state index in [9.17, 15) is 8.78 Å². The zero-order chi connectivity index (χ0) is 15.1. The Morgan fingerprint density at radius 3 is 2.71 bits per heavy atom. The monoisotopic (exact) mass is 301 g/mol. The molecule has 1 heterocycles. The average Bonchev–Trinajstić information content (AvgIpc) is 2.75. The average molecular weight is 301 g/mol. The Kier molecular flexibility index (Phi) is 3.07. The van der Waals surface area contributed by atoms with Gasteiger partial charge >= 0.3 is 0 Å². The Labute approximate surface area is 124 Å². The van der Waals surface area contributed by atoms with Gasteiger partial charge in [-0.3, -0.25) is 4.57 Å². The maximum absolute atomic E-state index is 13.6. The van der Waals surface area contributed by atoms with Crippen LogP contribution in [0.1, 0.15) is 11.1 Å². The van der Waals surface area contributed by atoms with Crippen LogP contribution in [0.2, 0.25) is 0 Å². The van der Waals surface area contributed by atoms with Gasteiger partial charge in [0.15, 0.2) is 4.77 Å². The number of nitrogens with one attached hydrogen (secondary N) is 1. The quantitative estimate of drug-likeness (QED) is 0.686. The van der Waals surface area contributed by atoms with Crippen LogP contribution >= 0.6 is 12.2 Å². The number of hydrogen-bond acceptors (Lipinski definition) is 2. The first kappa shape index (κ1) is 13.5. The first-order valence-electron chi connectivity index (χ1n) is 6.12. The summed E-state index contributed by atoms with van der Waals surface area (Å²) in [6.45, 7) is 1.64. The summed E-state index contributed by atoms with van der Waals surface area (Å²) in [5.41, 5.74) is 2.25. The summed E-state index contributed by atoms with van der Waals surface area (Å²) < 4.78 is 28.8. The van der Waals surface area contributed by atoms with Crippen molar-refractivity contribution in [3.8, 4) is 11.8 Å². The number of hydrogen-bond donors (Lipinski definition) is 1. The van der Waals surface area contributed by atoms with Crippen molar-refractivity contribution < 1.29 is 8.78 Å². The second kappa shape index (κ2) is 4.79. The van der Waals surface area contributed by atoms with Crippen molar-refractivity contribution in [2.24, 2.45) is 0 Å². The standard InChI is InChI=1S/C15H9F2N3S/c1-8-4-14-12(6-11(8)17)19-15(21)20(14)13-3-2-10(16)5-9(13)7-18/h2-6H,1H3,(H,19,21). The van der Waals surface area contributed by atoms with Gasteiger partial charge in [-0.1, -0.05) is 0 Å². The van der Waals surface area contributed by atoms with Gasteiger partial charge in [-0.15, -0.1) is 0 Å². The van der Waals surface area contributed by atoms with Crippen molar-refractivity contribution in [1.82, 2.24) is 9.55 Å². The first-order valence-corrected chi connectivity index (χ1v) is 6.53. The normalized spacial score (nSPS) is 10.8. The summed E-state index contributed by atoms with van der Waals surface area (Å²) >= 11 is 5.24. The highest BCUT2D eigenvalue weighted by Crippen LogP contribution is 2.24. The molecule has 6 heteroatoms. The molecule has 1 N–H and O–H groups in total. The number of nitriles is 1. The van der Waals surface area contributed by atoms with Crippen LogP contribution in [0.5, 0.6) is 0 Å². The Bertz CT molecular complexity index is 963. The highest BCUT2D eigenvalue weighted by atomic mass is 32.1. The van der Waals surface area contributed by atoms with Crippen LogP contribution in [-0.4, -0.2) is 9.55 Å². The van der Waals surface area contributed by atoms with E-state index in [1.165, 1.54) is 18.2 Å². The van der Waals surface area contributed by atoms with E-state index in [2.05, 4.69) is 4.98 Å². The number of fused-ring (bicyclic) bond motifs is 1. The predicted octanol–water partition coefficient (Wildman–Crippen LogP) is 4.15. The SMILES string of the molecule is Cc1cc2c(cc1F)[nH]c(=S)n2-c1ccc(F)cc1C#N. The minimum absolute atomic E-state index is 0.161. The number of aromatic amines is 1. The zero-order valence-electron chi connectivity index (χ0n) is 10.9. The molecule has 0 bridgehead atoms. The van der Waals surface area contributed by atoms with E-state index in [-0.39, 0.29) is 11.4 Å². The number of benzene rings is 2. The molecule has 3 nitrogen and oxygen atoms in total. The molecule has 0 amide bonds. The van der Waals surface area contributed by atoms with Gasteiger partial charge in [-0.25, -0.2) is 8.78 Å². The molecule has 0 spiro atoms. The Hall–Kier alpha value is -2.52. The van der Waals surface area contributed by atoms with E-state index in [1.807, 2.05) is 6.07 Å². The van der Waals surface area contributed by atoms with Crippen molar-refractivity contribution in [2.75, 3.05) is 0 Å². The molecule has 21 heavy (non-hydrogen) atoms. The molecule has 3 rings (SSSR count). The third kappa shape index (κ3) is 2.12. The molecular weight excluding hydrogens is 292 g/mol. The van der Waals surface area contributed by atoms with Crippen molar-refractivity contribution in [3.05, 3.63) is 57.9 Å². The summed E-state index contributed by atoms with van der Waals surface area (Å²) in [6, 6.07) is 8.83. The molecule has 1 aromatic heterocycles. The fourth-order valence-corrected chi connectivity index (χ4v) is 2.57. The van der Waals surface area contributed by atoms with Gasteiger partial charge in [-0.05, 0) is 55.0 Å². The topological polar surface area (TPSA) is 44.5 Å². The van der Waals surface area contributed by atoms with Gasteiger partial charge < -0.3 is 4.98 Å². The molecule has 0 aliphatic rings. The van der Waals surface area contributed by atoms with Crippen molar-refractivity contribution >= 4 is 23.3 Å². The maximum Gasteiger partial charge on any atom is 0.182 e. The van der Waals surface area contributed by atoms with E-state index in [1.54, 1.807) is 17.6 Å². The van der Waals surface area contributed by atoms with Gasteiger partial charge in [-0.2, -0.15) is 5.26 Å². The Morgan fingerprint density at radius 1 is 1.24 bits per heavy atom. The summed E-state index contributed by atoms with van der Waals surface area (Å²) in [5.74, 6) is -0.839. The number of rotatable bonds is 1. The fourth-order valence-electron chi connectivity index (χ4n) is 2.26. The number of halogens is 2. The smallest absolute Gasteiger partial charge is 0.182 e. The van der Waals surface area contributed by atoms with Crippen LogP contribution in [0.4, 0.5) is 8.78 Å². The molecule has 2 aromatic carbocycles. The van der Waals surface area contributed by atoms with E-state index in [0.29, 0.717) is 27.1 Å². The van der Waals surface area contributed by atoms with Gasteiger partial charge in [0, 0.05) is 0 Å². The summed E-state index contributed by atoms with van der Waals surface area (Å²) in [6.07, 6.45) is 0. The molecule has 0 aliphatic heterocycles. The molecule has 0 unspecified atom stereocenters. The van der Waals surface area contributed by atoms with Gasteiger partial charge in [0.25, 0.3) is 0 Å². The highest BCUT2D eigenvalue weighted by Gasteiger charge is 2.13. The number of nitrogens with zero attached hydrogens (tertiary/aromatic N) is 2. The minimum Gasteiger partial charge on any atom is -0.330 e. The highest BCUT2D eigenvalue weighted by molar-refractivity contribution is 7.71. The lowest BCUT2D eigenvalue weighted by molar-refractivity contribution is 0.620. The second-order valence-corrected chi connectivity index (χ2v) is 5.04. The minimum atomic E-state index is -0.496. The molecule has 0 saturated carbocycles. The zero-order valence-corrected chi connectivity index (χ0v) is 11.8. The molecule has 3 aromatic rings. The van der Waals surface area contributed by atoms with Crippen LogP contribution in [0.15, 0.2) is 30.3 Å². The Morgan fingerprint density at radius 2 is 2.00 bits per heavy atom. The van der Waals surface area contributed by atoms with Crippen LogP contribution in [-0.2, 0) is 0 Å². The number of aryl methyl sites for hydroxylation is 1. The second-order valence-electron chi connectivity index (χ2n) is 4.66. The lowest BCUT2D eigenvalue weighted by Crippen LogP contribution is -1.98. The summed E-state index contributed by atoms with van der Waals surface area (Å²) in [4.78, 5) is 2.89. The van der Waals surface area contributed by atoms with E-state index in [0.717, 1.165) is 6.07 Å². The van der Waals surface area contributed by atoms with Crippen molar-refractivity contribution in [1.29, 1.82) is 5.26 Å². The summed E-state index contributed by atoms with van der Waals surface area (Å²) in [5, 5.41) is 9.17. The van der Waals surface area contributed by atoms with Crippen molar-refractivity contribution in [2.45, 2.75) is 6.92 Å². The van der Waals surface area contributed by atoms with Crippen LogP contribution in [0, 0.1) is 34.7 Å².